The van der Waals surface area contributed by atoms with Crippen LogP contribution < -0.4 is 4.74 Å². The minimum atomic E-state index is 0.288. The Balaban J connectivity index is 2.17. The zero-order valence-electron chi connectivity index (χ0n) is 10.9. The number of benzene rings is 1. The number of aromatic nitrogens is 3. The molecule has 0 bridgehead atoms. The van der Waals surface area contributed by atoms with Crippen LogP contribution in [0.1, 0.15) is 32.1 Å². The molecule has 19 heavy (non-hydrogen) atoms. The number of rotatable bonds is 5. The van der Waals surface area contributed by atoms with Crippen molar-refractivity contribution in [2.45, 2.75) is 32.9 Å². The normalized spacial score (nSPS) is 12.4. The summed E-state index contributed by atoms with van der Waals surface area (Å²) in [6.45, 7) is 4.55. The molecule has 0 aliphatic heterocycles. The Labute approximate surface area is 122 Å². The van der Waals surface area contributed by atoms with Crippen LogP contribution in [0.3, 0.4) is 0 Å². The number of nitrogens with one attached hydrogen (secondary N) is 1. The van der Waals surface area contributed by atoms with Gasteiger partial charge in [-0.3, -0.25) is 9.67 Å². The van der Waals surface area contributed by atoms with Crippen molar-refractivity contribution in [3.05, 3.63) is 39.9 Å². The molecule has 102 valence electrons. The molecule has 1 aromatic heterocycles. The first-order chi connectivity index (χ1) is 9.13. The second-order valence-electron chi connectivity index (χ2n) is 4.29. The van der Waals surface area contributed by atoms with Crippen molar-refractivity contribution >= 4 is 23.8 Å². The monoisotopic (exact) mass is 297 g/mol. The third kappa shape index (κ3) is 3.16. The number of para-hydroxylation sites is 1. The average Bonchev–Trinajstić information content (AvgIpc) is 2.78. The predicted octanol–water partition coefficient (Wildman–Crippen LogP) is 4.14. The fourth-order valence-corrected chi connectivity index (χ4v) is 2.30. The minimum Gasteiger partial charge on any atom is -0.484 e. The molecular weight excluding hydrogens is 282 g/mol. The molecule has 6 heteroatoms. The molecule has 0 radical (unpaired) electrons. The van der Waals surface area contributed by atoms with E-state index < -0.39 is 0 Å². The van der Waals surface area contributed by atoms with Crippen molar-refractivity contribution in [1.82, 2.24) is 14.8 Å². The summed E-state index contributed by atoms with van der Waals surface area (Å²) >= 11 is 11.3. The molecule has 0 saturated carbocycles. The molecule has 0 fully saturated rings. The van der Waals surface area contributed by atoms with E-state index in [2.05, 4.69) is 24.0 Å². The standard InChI is InChI=1S/C13H16ClN3OS/c1-3-9(2)17-12(15-16-13(17)19)8-18-11-7-5-4-6-10(11)14/h4-7,9H,3,8H2,1-2H3,(H,16,19)/t9-/m1/s1. The maximum Gasteiger partial charge on any atom is 0.195 e. The molecule has 0 aliphatic carbocycles. The summed E-state index contributed by atoms with van der Waals surface area (Å²) in [4.78, 5) is 0. The Morgan fingerprint density at radius 1 is 1.47 bits per heavy atom. The highest BCUT2D eigenvalue weighted by Gasteiger charge is 2.12. The minimum absolute atomic E-state index is 0.288. The van der Waals surface area contributed by atoms with Crippen LogP contribution in [-0.2, 0) is 6.61 Å². The zero-order valence-corrected chi connectivity index (χ0v) is 12.5. The van der Waals surface area contributed by atoms with E-state index in [0.29, 0.717) is 22.2 Å². The van der Waals surface area contributed by atoms with E-state index in [4.69, 9.17) is 28.6 Å². The maximum atomic E-state index is 6.04. The van der Waals surface area contributed by atoms with Gasteiger partial charge in [0.1, 0.15) is 12.4 Å². The summed E-state index contributed by atoms with van der Waals surface area (Å²) in [6.07, 6.45) is 0.979. The lowest BCUT2D eigenvalue weighted by Crippen LogP contribution is -2.11. The Bertz CT molecular complexity index is 608. The number of nitrogens with zero attached hydrogens (tertiary/aromatic N) is 2. The maximum absolute atomic E-state index is 6.04. The number of ether oxygens (including phenoxy) is 1. The quantitative estimate of drug-likeness (QED) is 0.843. The van der Waals surface area contributed by atoms with Gasteiger partial charge < -0.3 is 4.74 Å². The number of hydrogen-bond donors (Lipinski definition) is 1. The van der Waals surface area contributed by atoms with Crippen molar-refractivity contribution in [2.24, 2.45) is 0 Å². The zero-order chi connectivity index (χ0) is 13.8. The van der Waals surface area contributed by atoms with Gasteiger partial charge in [0.2, 0.25) is 0 Å². The fraction of sp³-hybridized carbons (Fsp3) is 0.385. The van der Waals surface area contributed by atoms with Crippen molar-refractivity contribution in [3.63, 3.8) is 0 Å². The van der Waals surface area contributed by atoms with Gasteiger partial charge in [-0.1, -0.05) is 30.7 Å². The summed E-state index contributed by atoms with van der Waals surface area (Å²) in [5, 5.41) is 7.60. The summed E-state index contributed by atoms with van der Waals surface area (Å²) < 4.78 is 8.29. The van der Waals surface area contributed by atoms with Gasteiger partial charge in [0.15, 0.2) is 10.6 Å². The molecule has 2 rings (SSSR count). The third-order valence-electron chi connectivity index (χ3n) is 3.00. The molecule has 0 spiro atoms. The summed E-state index contributed by atoms with van der Waals surface area (Å²) in [7, 11) is 0. The topological polar surface area (TPSA) is 42.8 Å². The molecule has 1 aromatic carbocycles. The number of H-pyrrole nitrogens is 1. The third-order valence-corrected chi connectivity index (χ3v) is 3.60. The second-order valence-corrected chi connectivity index (χ2v) is 5.09. The highest BCUT2D eigenvalue weighted by molar-refractivity contribution is 7.71. The van der Waals surface area contributed by atoms with Crippen molar-refractivity contribution in [2.75, 3.05) is 0 Å². The van der Waals surface area contributed by atoms with Crippen molar-refractivity contribution in [3.8, 4) is 5.75 Å². The van der Waals surface area contributed by atoms with E-state index in [1.165, 1.54) is 0 Å². The molecular formula is C13H16ClN3OS. The molecule has 1 atom stereocenters. The van der Waals surface area contributed by atoms with Gasteiger partial charge >= 0.3 is 0 Å². The first-order valence-electron chi connectivity index (χ1n) is 6.16. The van der Waals surface area contributed by atoms with E-state index in [1.54, 1.807) is 6.07 Å². The molecule has 2 aromatic rings. The second kappa shape index (κ2) is 6.21. The summed E-state index contributed by atoms with van der Waals surface area (Å²) in [6, 6.07) is 7.66. The molecule has 1 N–H and O–H groups in total. The van der Waals surface area contributed by atoms with Crippen LogP contribution in [0.2, 0.25) is 5.02 Å². The van der Waals surface area contributed by atoms with E-state index in [-0.39, 0.29) is 6.04 Å². The molecule has 0 amide bonds. The van der Waals surface area contributed by atoms with Gasteiger partial charge in [-0.2, -0.15) is 5.10 Å². The Hall–Kier alpha value is -1.33. The Kier molecular flexibility index (Phi) is 4.61. The molecule has 0 aliphatic rings. The van der Waals surface area contributed by atoms with Crippen molar-refractivity contribution in [1.29, 1.82) is 0 Å². The summed E-state index contributed by atoms with van der Waals surface area (Å²) in [5.74, 6) is 1.42. The smallest absolute Gasteiger partial charge is 0.195 e. The highest BCUT2D eigenvalue weighted by atomic mass is 35.5. The van der Waals surface area contributed by atoms with E-state index >= 15 is 0 Å². The van der Waals surface area contributed by atoms with Crippen LogP contribution in [0.4, 0.5) is 0 Å². The molecule has 4 nitrogen and oxygen atoms in total. The number of hydrogen-bond acceptors (Lipinski definition) is 3. The SMILES string of the molecule is CC[C@@H](C)n1c(COc2ccccc2Cl)n[nH]c1=S. The van der Waals surface area contributed by atoms with Crippen LogP contribution in [-0.4, -0.2) is 14.8 Å². The van der Waals surface area contributed by atoms with E-state index in [1.807, 2.05) is 22.8 Å². The number of halogens is 1. The van der Waals surface area contributed by atoms with Crippen molar-refractivity contribution < 1.29 is 4.74 Å². The van der Waals surface area contributed by atoms with Crippen LogP contribution in [0.5, 0.6) is 5.75 Å². The van der Waals surface area contributed by atoms with E-state index in [0.717, 1.165) is 12.2 Å². The average molecular weight is 298 g/mol. The molecule has 1 heterocycles. The lowest BCUT2D eigenvalue weighted by atomic mass is 10.2. The summed E-state index contributed by atoms with van der Waals surface area (Å²) in [5.41, 5.74) is 0. The lowest BCUT2D eigenvalue weighted by molar-refractivity contribution is 0.284. The van der Waals surface area contributed by atoms with Gasteiger partial charge in [-0.25, -0.2) is 0 Å². The fourth-order valence-electron chi connectivity index (χ4n) is 1.78. The van der Waals surface area contributed by atoms with Crippen LogP contribution >= 0.6 is 23.8 Å². The van der Waals surface area contributed by atoms with Gasteiger partial charge in [0, 0.05) is 6.04 Å². The molecule has 0 unspecified atom stereocenters. The van der Waals surface area contributed by atoms with Crippen LogP contribution in [0, 0.1) is 4.77 Å². The lowest BCUT2D eigenvalue weighted by Gasteiger charge is -2.14. The van der Waals surface area contributed by atoms with E-state index in [9.17, 15) is 0 Å². The first kappa shape index (κ1) is 14.1. The van der Waals surface area contributed by atoms with Gasteiger partial charge in [-0.15, -0.1) is 0 Å². The predicted molar refractivity (Wildman–Crippen MR) is 78.2 cm³/mol. The number of aromatic amines is 1. The van der Waals surface area contributed by atoms with Gasteiger partial charge in [0.05, 0.1) is 5.02 Å². The Morgan fingerprint density at radius 2 is 2.21 bits per heavy atom. The van der Waals surface area contributed by atoms with Gasteiger partial charge in [0.25, 0.3) is 0 Å². The van der Waals surface area contributed by atoms with Crippen LogP contribution in [0.15, 0.2) is 24.3 Å². The van der Waals surface area contributed by atoms with Gasteiger partial charge in [-0.05, 0) is 37.7 Å². The first-order valence-corrected chi connectivity index (χ1v) is 6.95. The Morgan fingerprint density at radius 3 is 2.89 bits per heavy atom. The van der Waals surface area contributed by atoms with Crippen LogP contribution in [0.25, 0.3) is 0 Å². The molecule has 0 saturated heterocycles. The largest absolute Gasteiger partial charge is 0.484 e. The highest BCUT2D eigenvalue weighted by Crippen LogP contribution is 2.24.